The summed E-state index contributed by atoms with van der Waals surface area (Å²) in [5.41, 5.74) is 2.24. The number of benzene rings is 1. The number of carboxylic acid groups (broad SMARTS) is 1. The van der Waals surface area contributed by atoms with E-state index in [1.165, 1.54) is 5.57 Å². The fraction of sp³-hybridized carbons (Fsp3) is 0.633. The molecule has 0 saturated heterocycles. The van der Waals surface area contributed by atoms with Crippen LogP contribution in [0.15, 0.2) is 17.7 Å². The van der Waals surface area contributed by atoms with E-state index in [0.717, 1.165) is 49.3 Å². The summed E-state index contributed by atoms with van der Waals surface area (Å²) >= 11 is 0. The first-order valence-electron chi connectivity index (χ1n) is 12.9. The molecule has 0 aliphatic heterocycles. The molecule has 0 bridgehead atoms. The summed E-state index contributed by atoms with van der Waals surface area (Å²) < 4.78 is 0. The zero-order chi connectivity index (χ0) is 25.1. The lowest BCUT2D eigenvalue weighted by Gasteiger charge is -2.74. The minimum atomic E-state index is -0.640. The van der Waals surface area contributed by atoms with E-state index in [9.17, 15) is 20.1 Å². The molecular formula is C30H40O4. The largest absolute Gasteiger partial charge is 0.504 e. The molecule has 4 aliphatic carbocycles. The molecule has 184 valence electrons. The Hall–Kier alpha value is -2.23. The molecule has 34 heavy (non-hydrogen) atoms. The minimum Gasteiger partial charge on any atom is -0.504 e. The van der Waals surface area contributed by atoms with Gasteiger partial charge in [-0.15, -0.1) is 0 Å². The molecule has 0 radical (unpaired) electrons. The smallest absolute Gasteiger partial charge is 0.306 e. The standard InChI is InChI=1S/C30H40O4/c1-17-15-30(7)26(3,16-20(17)25(33)34)10-12-28(5)23-9-8-19-18(2)24(32)22(31)14-21(19)27(23,4)11-13-29(28,30)6/h8-9,14,17,20,31-32H,2,10-13,15-16H2,1,3-7H3,(H,33,34)/t17-,20?,26+,27+,28-,29-,30?/m1/s1. The Morgan fingerprint density at radius 3 is 2.29 bits per heavy atom. The molecule has 0 spiro atoms. The molecule has 4 aliphatic rings. The average molecular weight is 465 g/mol. The predicted molar refractivity (Wildman–Crippen MR) is 135 cm³/mol. The third-order valence-corrected chi connectivity index (χ3v) is 12.1. The number of hydrogen-bond donors (Lipinski definition) is 3. The van der Waals surface area contributed by atoms with Gasteiger partial charge in [-0.1, -0.05) is 65.8 Å². The zero-order valence-corrected chi connectivity index (χ0v) is 21.6. The third kappa shape index (κ3) is 2.48. The molecule has 0 aromatic heterocycles. The molecule has 3 saturated carbocycles. The van der Waals surface area contributed by atoms with Crippen molar-refractivity contribution in [2.75, 3.05) is 0 Å². The highest BCUT2D eigenvalue weighted by Gasteiger charge is 2.71. The topological polar surface area (TPSA) is 77.8 Å². The second-order valence-electron chi connectivity index (χ2n) is 13.2. The van der Waals surface area contributed by atoms with Crippen molar-refractivity contribution in [1.29, 1.82) is 0 Å². The van der Waals surface area contributed by atoms with Gasteiger partial charge in [0, 0.05) is 10.6 Å². The van der Waals surface area contributed by atoms with Gasteiger partial charge in [-0.3, -0.25) is 4.79 Å². The van der Waals surface area contributed by atoms with Crippen molar-refractivity contribution in [3.63, 3.8) is 0 Å². The van der Waals surface area contributed by atoms with Gasteiger partial charge in [0.1, 0.15) is 0 Å². The molecule has 2 unspecified atom stereocenters. The van der Waals surface area contributed by atoms with Crippen LogP contribution >= 0.6 is 0 Å². The second-order valence-corrected chi connectivity index (χ2v) is 13.2. The van der Waals surface area contributed by atoms with Gasteiger partial charge in [0.25, 0.3) is 0 Å². The Balaban J connectivity index is 1.68. The Morgan fingerprint density at radius 2 is 1.65 bits per heavy atom. The maximum absolute atomic E-state index is 12.1. The van der Waals surface area contributed by atoms with Gasteiger partial charge in [0.05, 0.1) is 5.92 Å². The van der Waals surface area contributed by atoms with Gasteiger partial charge >= 0.3 is 5.97 Å². The van der Waals surface area contributed by atoms with E-state index in [-0.39, 0.29) is 50.4 Å². The van der Waals surface area contributed by atoms with Crippen molar-refractivity contribution >= 4 is 18.6 Å². The maximum atomic E-state index is 12.1. The highest BCUT2D eigenvalue weighted by Crippen LogP contribution is 2.78. The van der Waals surface area contributed by atoms with Crippen LogP contribution in [0.1, 0.15) is 85.6 Å². The number of fused-ring (bicyclic) bond motifs is 7. The van der Waals surface area contributed by atoms with E-state index < -0.39 is 5.97 Å². The van der Waals surface area contributed by atoms with Crippen molar-refractivity contribution in [2.24, 2.45) is 33.5 Å². The highest BCUT2D eigenvalue weighted by atomic mass is 16.4. The van der Waals surface area contributed by atoms with E-state index in [2.05, 4.69) is 60.3 Å². The van der Waals surface area contributed by atoms with Crippen LogP contribution in [0.25, 0.3) is 12.7 Å². The summed E-state index contributed by atoms with van der Waals surface area (Å²) in [4.78, 5) is 12.1. The number of phenolic OH excluding ortho intramolecular Hbond substituents is 2. The number of allylic oxidation sites excluding steroid dienone is 2. The SMILES string of the molecule is C=c1c(O)c(O)cc2c1=CC=C1[C@@]2(C)CC[C@@]2(C)C3(C)C[C@@H](C)C(C(=O)O)C[C@]3(C)CC[C@]12C. The first-order chi connectivity index (χ1) is 15.7. The van der Waals surface area contributed by atoms with Crippen LogP contribution in [0, 0.1) is 33.5 Å². The second kappa shape index (κ2) is 6.71. The summed E-state index contributed by atoms with van der Waals surface area (Å²) in [5.74, 6) is -0.974. The molecule has 4 nitrogen and oxygen atoms in total. The molecule has 1 aromatic rings. The highest BCUT2D eigenvalue weighted by molar-refractivity contribution is 5.71. The van der Waals surface area contributed by atoms with Gasteiger partial charge in [0.2, 0.25) is 0 Å². The predicted octanol–water partition coefficient (Wildman–Crippen LogP) is 5.23. The van der Waals surface area contributed by atoms with E-state index >= 15 is 0 Å². The maximum Gasteiger partial charge on any atom is 0.306 e. The Labute approximate surface area is 203 Å². The first-order valence-corrected chi connectivity index (χ1v) is 12.9. The van der Waals surface area contributed by atoms with Crippen molar-refractivity contribution in [3.05, 3.63) is 33.7 Å². The monoisotopic (exact) mass is 464 g/mol. The molecule has 3 fully saturated rings. The molecular weight excluding hydrogens is 424 g/mol. The molecule has 1 aromatic carbocycles. The lowest BCUT2D eigenvalue weighted by atomic mass is 9.30. The quantitative estimate of drug-likeness (QED) is 0.497. The number of aliphatic carboxylic acids is 1. The van der Waals surface area contributed by atoms with Gasteiger partial charge in [-0.2, -0.15) is 0 Å². The van der Waals surface area contributed by atoms with Gasteiger partial charge < -0.3 is 15.3 Å². The number of carboxylic acids is 1. The minimum absolute atomic E-state index is 0.00795. The summed E-state index contributed by atoms with van der Waals surface area (Å²) in [6.45, 7) is 18.2. The van der Waals surface area contributed by atoms with Crippen molar-refractivity contribution in [1.82, 2.24) is 0 Å². The summed E-state index contributed by atoms with van der Waals surface area (Å²) in [5, 5.41) is 32.1. The van der Waals surface area contributed by atoms with Crippen molar-refractivity contribution < 1.29 is 20.1 Å². The van der Waals surface area contributed by atoms with Crippen molar-refractivity contribution in [3.8, 4) is 11.5 Å². The fourth-order valence-electron chi connectivity index (χ4n) is 9.37. The number of aromatic hydroxyl groups is 2. The normalized spacial score (nSPS) is 45.1. The summed E-state index contributed by atoms with van der Waals surface area (Å²) in [6.07, 6.45) is 10.1. The van der Waals surface area contributed by atoms with Crippen molar-refractivity contribution in [2.45, 2.75) is 85.5 Å². The molecule has 5 rings (SSSR count). The lowest BCUT2D eigenvalue weighted by molar-refractivity contribution is -0.221. The van der Waals surface area contributed by atoms with E-state index in [4.69, 9.17) is 0 Å². The van der Waals surface area contributed by atoms with Crippen LogP contribution in [0.2, 0.25) is 0 Å². The third-order valence-electron chi connectivity index (χ3n) is 12.1. The van der Waals surface area contributed by atoms with Gasteiger partial charge in [-0.25, -0.2) is 0 Å². The average Bonchev–Trinajstić information content (AvgIpc) is 2.76. The van der Waals surface area contributed by atoms with Gasteiger partial charge in [-0.05, 0) is 83.0 Å². The van der Waals surface area contributed by atoms with Crippen LogP contribution in [0.3, 0.4) is 0 Å². The zero-order valence-electron chi connectivity index (χ0n) is 21.6. The van der Waals surface area contributed by atoms with Crippen LogP contribution in [-0.2, 0) is 10.2 Å². The molecule has 7 atom stereocenters. The van der Waals surface area contributed by atoms with Gasteiger partial charge in [0.15, 0.2) is 11.5 Å². The molecule has 0 amide bonds. The molecule has 0 heterocycles. The van der Waals surface area contributed by atoms with E-state index in [0.29, 0.717) is 5.22 Å². The number of carbonyl (C=O) groups is 1. The van der Waals surface area contributed by atoms with Crippen LogP contribution < -0.4 is 10.4 Å². The number of phenols is 2. The summed E-state index contributed by atoms with van der Waals surface area (Å²) in [6, 6.07) is 1.75. The van der Waals surface area contributed by atoms with Crippen LogP contribution in [0.5, 0.6) is 11.5 Å². The molecule has 4 heteroatoms. The van der Waals surface area contributed by atoms with E-state index in [1.54, 1.807) is 6.07 Å². The van der Waals surface area contributed by atoms with Crippen LogP contribution in [0.4, 0.5) is 0 Å². The Bertz CT molecular complexity index is 1250. The lowest BCUT2D eigenvalue weighted by Crippen LogP contribution is -2.67. The first kappa shape index (κ1) is 23.5. The number of rotatable bonds is 1. The fourth-order valence-corrected chi connectivity index (χ4v) is 9.37. The Morgan fingerprint density at radius 1 is 0.971 bits per heavy atom. The molecule has 3 N–H and O–H groups in total. The van der Waals surface area contributed by atoms with Crippen LogP contribution in [-0.4, -0.2) is 21.3 Å². The van der Waals surface area contributed by atoms with E-state index in [1.807, 2.05) is 0 Å². The number of hydrogen-bond acceptors (Lipinski definition) is 3. The Kier molecular flexibility index (Phi) is 4.64. The summed E-state index contributed by atoms with van der Waals surface area (Å²) in [7, 11) is 0.